The third-order valence-corrected chi connectivity index (χ3v) is 3.70. The van der Waals surface area contributed by atoms with E-state index in [1.165, 1.54) is 12.1 Å². The Labute approximate surface area is 121 Å². The van der Waals surface area contributed by atoms with Crippen molar-refractivity contribution in [2.75, 3.05) is 38.1 Å². The molecule has 3 nitrogen and oxygen atoms in total. The minimum Gasteiger partial charge on any atom is -0.336 e. The van der Waals surface area contributed by atoms with Crippen LogP contribution in [0.25, 0.3) is 0 Å². The van der Waals surface area contributed by atoms with Crippen LogP contribution in [-0.4, -0.2) is 53.8 Å². The summed E-state index contributed by atoms with van der Waals surface area (Å²) in [5, 5.41) is 0.948. The standard InChI is InChI=1S/C14H18BrFN2O/c1-11-8-12(10-13(16)9-11)14(19)18-6-4-17(3-2-15)5-7-18/h8-10H,2-7H2,1H3. The Kier molecular flexibility index (Phi) is 4.93. The van der Waals surface area contributed by atoms with Crippen LogP contribution < -0.4 is 0 Å². The van der Waals surface area contributed by atoms with E-state index in [2.05, 4.69) is 20.8 Å². The van der Waals surface area contributed by atoms with Crippen LogP contribution in [0.4, 0.5) is 4.39 Å². The molecule has 0 N–H and O–H groups in total. The Balaban J connectivity index is 2.01. The van der Waals surface area contributed by atoms with Gasteiger partial charge in [0.2, 0.25) is 0 Å². The molecule has 0 unspecified atom stereocenters. The van der Waals surface area contributed by atoms with Crippen molar-refractivity contribution >= 4 is 21.8 Å². The van der Waals surface area contributed by atoms with Crippen LogP contribution in [0, 0.1) is 12.7 Å². The molecule has 0 saturated carbocycles. The second-order valence-electron chi connectivity index (χ2n) is 4.84. The van der Waals surface area contributed by atoms with E-state index in [1.807, 2.05) is 0 Å². The average molecular weight is 329 g/mol. The fraction of sp³-hybridized carbons (Fsp3) is 0.500. The van der Waals surface area contributed by atoms with Crippen LogP contribution >= 0.6 is 15.9 Å². The van der Waals surface area contributed by atoms with Gasteiger partial charge in [-0.1, -0.05) is 15.9 Å². The van der Waals surface area contributed by atoms with Crippen LogP contribution in [0.15, 0.2) is 18.2 Å². The van der Waals surface area contributed by atoms with Gasteiger partial charge in [0, 0.05) is 43.6 Å². The average Bonchev–Trinajstić information content (AvgIpc) is 2.38. The minimum atomic E-state index is -0.346. The minimum absolute atomic E-state index is 0.0684. The third-order valence-electron chi connectivity index (χ3n) is 3.35. The molecule has 0 spiro atoms. The maximum absolute atomic E-state index is 13.3. The van der Waals surface area contributed by atoms with Gasteiger partial charge in [0.1, 0.15) is 5.82 Å². The SMILES string of the molecule is Cc1cc(F)cc(C(=O)N2CCN(CCBr)CC2)c1. The van der Waals surface area contributed by atoms with Crippen LogP contribution in [0.1, 0.15) is 15.9 Å². The van der Waals surface area contributed by atoms with Crippen molar-refractivity contribution in [3.05, 3.63) is 35.1 Å². The number of hydrogen-bond acceptors (Lipinski definition) is 2. The summed E-state index contributed by atoms with van der Waals surface area (Å²) in [4.78, 5) is 16.4. The Morgan fingerprint density at radius 3 is 2.53 bits per heavy atom. The first-order chi connectivity index (χ1) is 9.10. The zero-order valence-electron chi connectivity index (χ0n) is 11.0. The van der Waals surface area contributed by atoms with Gasteiger partial charge in [-0.05, 0) is 30.7 Å². The second kappa shape index (κ2) is 6.48. The molecule has 1 amide bonds. The molecule has 0 radical (unpaired) electrons. The molecule has 0 bridgehead atoms. The second-order valence-corrected chi connectivity index (χ2v) is 5.63. The fourth-order valence-corrected chi connectivity index (χ4v) is 2.84. The maximum atomic E-state index is 13.3. The van der Waals surface area contributed by atoms with Gasteiger partial charge < -0.3 is 4.90 Å². The number of nitrogens with zero attached hydrogens (tertiary/aromatic N) is 2. The summed E-state index contributed by atoms with van der Waals surface area (Å²) in [6.45, 7) is 5.98. The molecule has 1 heterocycles. The van der Waals surface area contributed by atoms with E-state index in [0.29, 0.717) is 18.7 Å². The highest BCUT2D eigenvalue weighted by molar-refractivity contribution is 9.09. The molecule has 0 aromatic heterocycles. The van der Waals surface area contributed by atoms with E-state index in [4.69, 9.17) is 0 Å². The molecule has 2 rings (SSSR count). The van der Waals surface area contributed by atoms with Crippen molar-refractivity contribution in [1.82, 2.24) is 9.80 Å². The van der Waals surface area contributed by atoms with Crippen molar-refractivity contribution in [2.45, 2.75) is 6.92 Å². The van der Waals surface area contributed by atoms with Gasteiger partial charge in [-0.25, -0.2) is 4.39 Å². The number of aryl methyl sites for hydroxylation is 1. The highest BCUT2D eigenvalue weighted by atomic mass is 79.9. The first kappa shape index (κ1) is 14.5. The number of piperazine rings is 1. The van der Waals surface area contributed by atoms with E-state index in [0.717, 1.165) is 30.5 Å². The third kappa shape index (κ3) is 3.76. The molecule has 19 heavy (non-hydrogen) atoms. The van der Waals surface area contributed by atoms with Gasteiger partial charge in [-0.2, -0.15) is 0 Å². The maximum Gasteiger partial charge on any atom is 0.254 e. The summed E-state index contributed by atoms with van der Waals surface area (Å²) in [5.41, 5.74) is 1.23. The van der Waals surface area contributed by atoms with Crippen molar-refractivity contribution < 1.29 is 9.18 Å². The van der Waals surface area contributed by atoms with Crippen molar-refractivity contribution in [3.8, 4) is 0 Å². The molecule has 1 aliphatic rings. The topological polar surface area (TPSA) is 23.6 Å². The summed E-state index contributed by atoms with van der Waals surface area (Å²) in [7, 11) is 0. The number of carbonyl (C=O) groups is 1. The van der Waals surface area contributed by atoms with Crippen molar-refractivity contribution in [3.63, 3.8) is 0 Å². The Bertz CT molecular complexity index is 439. The quantitative estimate of drug-likeness (QED) is 0.795. The number of benzene rings is 1. The first-order valence-electron chi connectivity index (χ1n) is 6.45. The van der Waals surface area contributed by atoms with Gasteiger partial charge in [0.05, 0.1) is 0 Å². The zero-order chi connectivity index (χ0) is 13.8. The molecular weight excluding hydrogens is 311 g/mol. The fourth-order valence-electron chi connectivity index (χ4n) is 2.34. The van der Waals surface area contributed by atoms with Crippen LogP contribution in [-0.2, 0) is 0 Å². The number of carbonyl (C=O) groups excluding carboxylic acids is 1. The molecule has 1 fully saturated rings. The summed E-state index contributed by atoms with van der Waals surface area (Å²) in [6.07, 6.45) is 0. The van der Waals surface area contributed by atoms with Crippen molar-refractivity contribution in [1.29, 1.82) is 0 Å². The molecule has 1 aromatic carbocycles. The van der Waals surface area contributed by atoms with Crippen LogP contribution in [0.2, 0.25) is 0 Å². The monoisotopic (exact) mass is 328 g/mol. The van der Waals surface area contributed by atoms with Crippen molar-refractivity contribution in [2.24, 2.45) is 0 Å². The highest BCUT2D eigenvalue weighted by Gasteiger charge is 2.22. The predicted molar refractivity (Wildman–Crippen MR) is 77.3 cm³/mol. The van der Waals surface area contributed by atoms with Gasteiger partial charge in [-0.3, -0.25) is 9.69 Å². The van der Waals surface area contributed by atoms with E-state index in [-0.39, 0.29) is 11.7 Å². The Morgan fingerprint density at radius 2 is 1.95 bits per heavy atom. The highest BCUT2D eigenvalue weighted by Crippen LogP contribution is 2.13. The van der Waals surface area contributed by atoms with Crippen LogP contribution in [0.5, 0.6) is 0 Å². The number of hydrogen-bond donors (Lipinski definition) is 0. The lowest BCUT2D eigenvalue weighted by atomic mass is 10.1. The molecule has 1 aromatic rings. The first-order valence-corrected chi connectivity index (χ1v) is 7.57. The summed E-state index contributed by atoms with van der Waals surface area (Å²) in [6, 6.07) is 4.50. The van der Waals surface area contributed by atoms with Gasteiger partial charge in [-0.15, -0.1) is 0 Å². The Hall–Kier alpha value is -0.940. The summed E-state index contributed by atoms with van der Waals surface area (Å²) in [5.74, 6) is -0.414. The lowest BCUT2D eigenvalue weighted by Gasteiger charge is -2.34. The normalized spacial score (nSPS) is 16.7. The molecule has 0 atom stereocenters. The zero-order valence-corrected chi connectivity index (χ0v) is 12.6. The van der Waals surface area contributed by atoms with Crippen LogP contribution in [0.3, 0.4) is 0 Å². The van der Waals surface area contributed by atoms with E-state index in [9.17, 15) is 9.18 Å². The van der Waals surface area contributed by atoms with Gasteiger partial charge in [0.15, 0.2) is 0 Å². The molecular formula is C14H18BrFN2O. The molecule has 1 aliphatic heterocycles. The largest absolute Gasteiger partial charge is 0.336 e. The van der Waals surface area contributed by atoms with E-state index < -0.39 is 0 Å². The number of amides is 1. The summed E-state index contributed by atoms with van der Waals surface area (Å²) >= 11 is 3.42. The number of alkyl halides is 1. The molecule has 0 aliphatic carbocycles. The van der Waals surface area contributed by atoms with E-state index in [1.54, 1.807) is 17.9 Å². The summed E-state index contributed by atoms with van der Waals surface area (Å²) < 4.78 is 13.3. The predicted octanol–water partition coefficient (Wildman–Crippen LogP) is 2.29. The van der Waals surface area contributed by atoms with Gasteiger partial charge in [0.25, 0.3) is 5.91 Å². The molecule has 5 heteroatoms. The Morgan fingerprint density at radius 1 is 1.26 bits per heavy atom. The van der Waals surface area contributed by atoms with Gasteiger partial charge >= 0.3 is 0 Å². The van der Waals surface area contributed by atoms with E-state index >= 15 is 0 Å². The molecule has 104 valence electrons. The number of rotatable bonds is 3. The lowest BCUT2D eigenvalue weighted by Crippen LogP contribution is -2.49. The number of halogens is 2. The lowest BCUT2D eigenvalue weighted by molar-refractivity contribution is 0.0644. The molecule has 1 saturated heterocycles. The smallest absolute Gasteiger partial charge is 0.254 e.